The van der Waals surface area contributed by atoms with E-state index in [2.05, 4.69) is 163 Å². The third kappa shape index (κ3) is 8.74. The average molecular weight is 870 g/mol. The summed E-state index contributed by atoms with van der Waals surface area (Å²) in [5.74, 6) is -1.23. The first-order valence-electron chi connectivity index (χ1n) is 23.3. The number of unbranched alkanes of at least 4 members (excludes halogenated alkanes) is 6. The summed E-state index contributed by atoms with van der Waals surface area (Å²) in [6, 6.07) is 60.6. The van der Waals surface area contributed by atoms with E-state index in [4.69, 9.17) is 0 Å². The molecule has 324 valence electrons. The van der Waals surface area contributed by atoms with Crippen molar-refractivity contribution in [2.75, 3.05) is 9.80 Å². The van der Waals surface area contributed by atoms with Crippen molar-refractivity contribution in [1.29, 1.82) is 5.26 Å². The monoisotopic (exact) mass is 869 g/mol. The Morgan fingerprint density at radius 1 is 0.615 bits per heavy atom. The maximum absolute atomic E-state index is 11.9. The number of nitrogens with zero attached hydrogens (tertiary/aromatic N) is 3. The molecule has 9 rings (SSSR count). The molecule has 2 aliphatic rings. The highest BCUT2D eigenvalue weighted by molar-refractivity contribution is 7.99. The van der Waals surface area contributed by atoms with E-state index in [1.807, 2.05) is 30.3 Å². The van der Waals surface area contributed by atoms with Gasteiger partial charge in [0, 0.05) is 38.0 Å². The van der Waals surface area contributed by atoms with Crippen LogP contribution in [0.4, 0.5) is 34.1 Å². The summed E-state index contributed by atoms with van der Waals surface area (Å²) in [4.78, 5) is 18.7. The van der Waals surface area contributed by atoms with E-state index in [-0.39, 0.29) is 11.0 Å². The minimum atomic E-state index is -1.23. The van der Waals surface area contributed by atoms with Crippen LogP contribution in [-0.4, -0.2) is 11.1 Å². The van der Waals surface area contributed by atoms with Crippen molar-refractivity contribution in [3.05, 3.63) is 186 Å². The Labute approximate surface area is 388 Å². The fraction of sp³-hybridized carbons (Fsp3) is 0.220. The standard InChI is InChI=1S/C59H55N3O2S/c1-3-5-7-17-35-59(36-18-8-6-4-2)52-24-16-15-23-50(52)51-32-31-49(40-53(51)59)62-54-33-25-42(37-45(41-60)58(63)64)38-56(54)65-57-39-44(28-34-55(57)62)43-26-29-48(30-27-43)61(46-19-11-9-12-20-46)47-21-13-10-14-22-47/h9-16,19-34,37-40H,3-8,17-18,35-36H2,1-2H3,(H,63,64)/b45-37-. The number of carboxylic acids is 1. The Bertz CT molecular complexity index is 2830. The molecule has 0 amide bonds. The van der Waals surface area contributed by atoms with Crippen molar-refractivity contribution in [2.45, 2.75) is 93.3 Å². The molecule has 5 nitrogen and oxygen atoms in total. The van der Waals surface area contributed by atoms with Gasteiger partial charge in [0.15, 0.2) is 0 Å². The molecule has 0 aromatic heterocycles. The molecule has 1 aliphatic heterocycles. The number of rotatable bonds is 17. The topological polar surface area (TPSA) is 67.6 Å². The number of hydrogen-bond donors (Lipinski definition) is 1. The molecule has 0 bridgehead atoms. The first-order valence-corrected chi connectivity index (χ1v) is 24.1. The minimum absolute atomic E-state index is 0.0641. The molecule has 0 saturated carbocycles. The van der Waals surface area contributed by atoms with Gasteiger partial charge >= 0.3 is 5.97 Å². The number of para-hydroxylation sites is 2. The van der Waals surface area contributed by atoms with Gasteiger partial charge in [0.1, 0.15) is 11.6 Å². The van der Waals surface area contributed by atoms with E-state index in [1.54, 1.807) is 11.8 Å². The lowest BCUT2D eigenvalue weighted by Gasteiger charge is -2.36. The summed E-state index contributed by atoms with van der Waals surface area (Å²) in [6.07, 6.45) is 13.5. The summed E-state index contributed by atoms with van der Waals surface area (Å²) < 4.78 is 0. The zero-order valence-electron chi connectivity index (χ0n) is 37.3. The summed E-state index contributed by atoms with van der Waals surface area (Å²) in [6.45, 7) is 4.58. The zero-order valence-corrected chi connectivity index (χ0v) is 38.2. The van der Waals surface area contributed by atoms with Crippen molar-refractivity contribution in [3.8, 4) is 28.3 Å². The molecule has 1 aliphatic carbocycles. The van der Waals surface area contributed by atoms with Gasteiger partial charge in [-0.15, -0.1) is 0 Å². The number of nitriles is 1. The summed E-state index contributed by atoms with van der Waals surface area (Å²) in [7, 11) is 0. The Morgan fingerprint density at radius 2 is 1.18 bits per heavy atom. The van der Waals surface area contributed by atoms with Gasteiger partial charge in [0.25, 0.3) is 0 Å². The molecule has 65 heavy (non-hydrogen) atoms. The van der Waals surface area contributed by atoms with Gasteiger partial charge in [-0.1, -0.05) is 168 Å². The van der Waals surface area contributed by atoms with Gasteiger partial charge in [-0.05, 0) is 131 Å². The van der Waals surface area contributed by atoms with Crippen LogP contribution >= 0.6 is 11.8 Å². The van der Waals surface area contributed by atoms with Crippen LogP contribution in [0, 0.1) is 11.3 Å². The minimum Gasteiger partial charge on any atom is -0.477 e. The number of benzene rings is 7. The van der Waals surface area contributed by atoms with Crippen LogP contribution < -0.4 is 9.80 Å². The highest BCUT2D eigenvalue weighted by Gasteiger charge is 2.42. The molecule has 0 unspecified atom stereocenters. The second kappa shape index (κ2) is 19.5. The number of carboxylic acid groups (broad SMARTS) is 1. The van der Waals surface area contributed by atoms with Crippen LogP contribution in [0.2, 0.25) is 0 Å². The van der Waals surface area contributed by atoms with Crippen molar-refractivity contribution < 1.29 is 9.90 Å². The highest BCUT2D eigenvalue weighted by atomic mass is 32.2. The second-order valence-corrected chi connectivity index (χ2v) is 18.4. The van der Waals surface area contributed by atoms with Gasteiger partial charge in [-0.3, -0.25) is 0 Å². The molecule has 1 N–H and O–H groups in total. The van der Waals surface area contributed by atoms with Gasteiger partial charge < -0.3 is 14.9 Å². The van der Waals surface area contributed by atoms with Gasteiger partial charge in [-0.25, -0.2) is 4.79 Å². The first-order chi connectivity index (χ1) is 31.9. The maximum Gasteiger partial charge on any atom is 0.346 e. The van der Waals surface area contributed by atoms with E-state index >= 15 is 0 Å². The predicted molar refractivity (Wildman–Crippen MR) is 270 cm³/mol. The SMILES string of the molecule is CCCCCCC1(CCCCCC)c2ccccc2-c2ccc(N3c4ccc(/C=C(/C#N)C(=O)O)cc4Sc4cc(-c5ccc(N(c6ccccc6)c6ccccc6)cc5)ccc43)cc21. The molecule has 0 saturated heterocycles. The first kappa shape index (κ1) is 43.4. The van der Waals surface area contributed by atoms with Crippen molar-refractivity contribution in [1.82, 2.24) is 0 Å². The van der Waals surface area contributed by atoms with Crippen LogP contribution in [0.15, 0.2) is 179 Å². The largest absolute Gasteiger partial charge is 0.477 e. The molecular formula is C59H55N3O2S. The third-order valence-corrected chi connectivity index (χ3v) is 14.3. The average Bonchev–Trinajstić information content (AvgIpc) is 3.61. The fourth-order valence-electron chi connectivity index (χ4n) is 10.0. The molecule has 0 atom stereocenters. The smallest absolute Gasteiger partial charge is 0.346 e. The highest BCUT2D eigenvalue weighted by Crippen LogP contribution is 2.58. The van der Waals surface area contributed by atoms with E-state index in [9.17, 15) is 15.2 Å². The number of hydrogen-bond acceptors (Lipinski definition) is 5. The summed E-state index contributed by atoms with van der Waals surface area (Å²) in [5.41, 5.74) is 14.6. The van der Waals surface area contributed by atoms with Crippen molar-refractivity contribution in [3.63, 3.8) is 0 Å². The maximum atomic E-state index is 11.9. The van der Waals surface area contributed by atoms with Crippen LogP contribution in [0.3, 0.4) is 0 Å². The second-order valence-electron chi connectivity index (χ2n) is 17.4. The Hall–Kier alpha value is -6.81. The van der Waals surface area contributed by atoms with Crippen molar-refractivity contribution >= 4 is 57.9 Å². The number of fused-ring (bicyclic) bond motifs is 5. The van der Waals surface area contributed by atoms with Crippen molar-refractivity contribution in [2.24, 2.45) is 0 Å². The predicted octanol–water partition coefficient (Wildman–Crippen LogP) is 17.0. The number of anilines is 6. The molecular weight excluding hydrogens is 815 g/mol. The Morgan fingerprint density at radius 3 is 1.82 bits per heavy atom. The van der Waals surface area contributed by atoms with Gasteiger partial charge in [-0.2, -0.15) is 5.26 Å². The van der Waals surface area contributed by atoms with Crippen LogP contribution in [0.1, 0.15) is 94.7 Å². The molecule has 0 radical (unpaired) electrons. The lowest BCUT2D eigenvalue weighted by atomic mass is 9.70. The molecule has 7 aromatic rings. The van der Waals surface area contributed by atoms with E-state index in [1.165, 1.54) is 79.7 Å². The molecule has 7 aromatic carbocycles. The Balaban J connectivity index is 1.14. The van der Waals surface area contributed by atoms with E-state index in [0.717, 1.165) is 67.9 Å². The lowest BCUT2D eigenvalue weighted by molar-refractivity contribution is -0.132. The van der Waals surface area contributed by atoms with Crippen LogP contribution in [0.5, 0.6) is 0 Å². The zero-order chi connectivity index (χ0) is 44.8. The van der Waals surface area contributed by atoms with Gasteiger partial charge in [0.05, 0.1) is 11.4 Å². The van der Waals surface area contributed by atoms with Gasteiger partial charge in [0.2, 0.25) is 0 Å². The molecule has 0 spiro atoms. The normalized spacial score (nSPS) is 13.3. The molecule has 6 heteroatoms. The molecule has 0 fully saturated rings. The molecule has 1 heterocycles. The fourth-order valence-corrected chi connectivity index (χ4v) is 11.2. The quantitative estimate of drug-likeness (QED) is 0.0559. The van der Waals surface area contributed by atoms with Crippen LogP contribution in [-0.2, 0) is 10.2 Å². The van der Waals surface area contributed by atoms with Crippen LogP contribution in [0.25, 0.3) is 28.3 Å². The number of aliphatic carboxylic acids is 1. The van der Waals surface area contributed by atoms with E-state index in [0.29, 0.717) is 5.56 Å². The van der Waals surface area contributed by atoms with E-state index < -0.39 is 5.97 Å². The third-order valence-electron chi connectivity index (χ3n) is 13.2. The lowest BCUT2D eigenvalue weighted by Crippen LogP contribution is -2.26. The summed E-state index contributed by atoms with van der Waals surface area (Å²) >= 11 is 1.69. The Kier molecular flexibility index (Phi) is 13.0. The summed E-state index contributed by atoms with van der Waals surface area (Å²) in [5, 5.41) is 19.4. The number of carbonyl (C=O) groups is 1.